The number of benzene rings is 1. The second-order valence-corrected chi connectivity index (χ2v) is 9.39. The van der Waals surface area contributed by atoms with E-state index in [0.29, 0.717) is 17.5 Å². The summed E-state index contributed by atoms with van der Waals surface area (Å²) < 4.78 is 7.78. The van der Waals surface area contributed by atoms with Crippen LogP contribution in [-0.4, -0.2) is 61.5 Å². The van der Waals surface area contributed by atoms with Gasteiger partial charge in [0, 0.05) is 32.1 Å². The van der Waals surface area contributed by atoms with E-state index in [4.69, 9.17) is 4.74 Å². The molecule has 2 fully saturated rings. The van der Waals surface area contributed by atoms with Crippen molar-refractivity contribution in [3.05, 3.63) is 41.9 Å². The molecule has 2 aromatic heterocycles. The van der Waals surface area contributed by atoms with E-state index < -0.39 is 5.60 Å². The Hall–Kier alpha value is -2.29. The zero-order valence-electron chi connectivity index (χ0n) is 17.8. The highest BCUT2D eigenvalue weighted by Gasteiger charge is 2.43. The molecule has 3 heterocycles. The minimum Gasteiger partial charge on any atom is -0.384 e. The van der Waals surface area contributed by atoms with Crippen molar-refractivity contribution in [1.82, 2.24) is 30.1 Å². The number of aromatic nitrogens is 5. The lowest BCUT2D eigenvalue weighted by atomic mass is 9.77. The molecule has 1 aliphatic carbocycles. The summed E-state index contributed by atoms with van der Waals surface area (Å²) in [6.07, 6.45) is 4.01. The minimum atomic E-state index is -0.991. The van der Waals surface area contributed by atoms with E-state index in [-0.39, 0.29) is 12.1 Å². The van der Waals surface area contributed by atoms with Crippen LogP contribution in [0.3, 0.4) is 0 Å². The van der Waals surface area contributed by atoms with Gasteiger partial charge >= 0.3 is 0 Å². The first-order valence-electron chi connectivity index (χ1n) is 10.7. The molecule has 8 nitrogen and oxygen atoms in total. The van der Waals surface area contributed by atoms with Gasteiger partial charge in [0.05, 0.1) is 29.6 Å². The highest BCUT2D eigenvalue weighted by molar-refractivity contribution is 5.81. The smallest absolute Gasteiger partial charge is 0.114 e. The van der Waals surface area contributed by atoms with Gasteiger partial charge < -0.3 is 9.84 Å². The summed E-state index contributed by atoms with van der Waals surface area (Å²) in [7, 11) is 1.79. The Bertz CT molecular complexity index is 1020. The predicted molar refractivity (Wildman–Crippen MR) is 113 cm³/mol. The van der Waals surface area contributed by atoms with Crippen LogP contribution in [0.5, 0.6) is 0 Å². The standard InChI is InChI=1S/C22H30N6O2/c1-22(2,29)21-13-28(26-25-21)19-8-14-10-27(11-15(14)9-20(19)30-3)12-18-16-6-4-5-7-17(16)23-24-18/h4-7,13-15,19-20,29H,8-12H2,1-3H3,(H,23,24)/t14-,15+,19-,20-/m1/s1. The summed E-state index contributed by atoms with van der Waals surface area (Å²) in [6, 6.07) is 8.42. The molecule has 1 saturated carbocycles. The van der Waals surface area contributed by atoms with E-state index in [2.05, 4.69) is 37.5 Å². The SMILES string of the molecule is CO[C@@H]1C[C@H]2CN(Cc3[nH]nc4ccccc34)C[C@H]2C[C@H]1n1cc(C(C)(C)O)nn1. The third-order valence-electron chi connectivity index (χ3n) is 6.86. The van der Waals surface area contributed by atoms with Crippen molar-refractivity contribution in [1.29, 1.82) is 0 Å². The molecule has 0 bridgehead atoms. The fourth-order valence-electron chi connectivity index (χ4n) is 5.23. The Morgan fingerprint density at radius 1 is 1.20 bits per heavy atom. The maximum absolute atomic E-state index is 10.2. The molecule has 1 aliphatic heterocycles. The number of H-pyrrole nitrogens is 1. The zero-order chi connectivity index (χ0) is 20.9. The van der Waals surface area contributed by atoms with Crippen molar-refractivity contribution in [2.75, 3.05) is 20.2 Å². The molecule has 3 aromatic rings. The van der Waals surface area contributed by atoms with Crippen molar-refractivity contribution in [3.63, 3.8) is 0 Å². The molecule has 1 aromatic carbocycles. The Kier molecular flexibility index (Phi) is 4.88. The highest BCUT2D eigenvalue weighted by atomic mass is 16.5. The third kappa shape index (κ3) is 3.53. The van der Waals surface area contributed by atoms with Crippen LogP contribution >= 0.6 is 0 Å². The molecule has 160 valence electrons. The van der Waals surface area contributed by atoms with Crippen molar-refractivity contribution < 1.29 is 9.84 Å². The quantitative estimate of drug-likeness (QED) is 0.671. The summed E-state index contributed by atoms with van der Waals surface area (Å²) in [5.74, 6) is 1.23. The first-order chi connectivity index (χ1) is 14.4. The number of nitrogens with zero attached hydrogens (tertiary/aromatic N) is 5. The molecule has 4 atom stereocenters. The molecule has 30 heavy (non-hydrogen) atoms. The summed E-state index contributed by atoms with van der Waals surface area (Å²) >= 11 is 0. The van der Waals surface area contributed by atoms with Crippen LogP contribution in [0.15, 0.2) is 30.5 Å². The normalized spacial score (nSPS) is 27.6. The van der Waals surface area contributed by atoms with E-state index in [0.717, 1.165) is 38.0 Å². The third-order valence-corrected chi connectivity index (χ3v) is 6.86. The molecule has 5 rings (SSSR count). The van der Waals surface area contributed by atoms with Crippen molar-refractivity contribution in [3.8, 4) is 0 Å². The molecule has 8 heteroatoms. The average molecular weight is 411 g/mol. The first kappa shape index (κ1) is 19.7. The van der Waals surface area contributed by atoms with Gasteiger partial charge in [0.15, 0.2) is 0 Å². The topological polar surface area (TPSA) is 92.1 Å². The number of fused-ring (bicyclic) bond motifs is 2. The van der Waals surface area contributed by atoms with Crippen LogP contribution in [0.4, 0.5) is 0 Å². The lowest BCUT2D eigenvalue weighted by Crippen LogP contribution is -2.37. The van der Waals surface area contributed by atoms with Gasteiger partial charge in [-0.2, -0.15) is 5.10 Å². The van der Waals surface area contributed by atoms with Crippen LogP contribution in [0.25, 0.3) is 10.9 Å². The monoisotopic (exact) mass is 410 g/mol. The van der Waals surface area contributed by atoms with E-state index in [9.17, 15) is 5.11 Å². The zero-order valence-corrected chi connectivity index (χ0v) is 17.8. The van der Waals surface area contributed by atoms with Gasteiger partial charge in [-0.1, -0.05) is 23.4 Å². The molecule has 0 radical (unpaired) electrons. The maximum atomic E-state index is 10.2. The minimum absolute atomic E-state index is 0.107. The summed E-state index contributed by atoms with van der Waals surface area (Å²) in [4.78, 5) is 2.54. The average Bonchev–Trinajstić information content (AvgIpc) is 3.45. The number of aliphatic hydroxyl groups is 1. The molecule has 1 saturated heterocycles. The summed E-state index contributed by atoms with van der Waals surface area (Å²) in [5, 5.41) is 27.7. The maximum Gasteiger partial charge on any atom is 0.114 e. The van der Waals surface area contributed by atoms with Gasteiger partial charge in [-0.05, 0) is 44.6 Å². The fraction of sp³-hybridized carbons (Fsp3) is 0.591. The number of para-hydroxylation sites is 1. The molecular weight excluding hydrogens is 380 g/mol. The molecule has 0 spiro atoms. The summed E-state index contributed by atoms with van der Waals surface area (Å²) in [6.45, 7) is 6.51. The second-order valence-electron chi connectivity index (χ2n) is 9.39. The van der Waals surface area contributed by atoms with E-state index in [1.165, 1.54) is 11.1 Å². The number of aromatic amines is 1. The number of ether oxygens (including phenoxy) is 1. The van der Waals surface area contributed by atoms with E-state index >= 15 is 0 Å². The number of nitrogens with one attached hydrogen (secondary N) is 1. The summed E-state index contributed by atoms with van der Waals surface area (Å²) in [5.41, 5.74) is 1.82. The fourth-order valence-corrected chi connectivity index (χ4v) is 5.23. The van der Waals surface area contributed by atoms with Gasteiger partial charge in [0.25, 0.3) is 0 Å². The van der Waals surface area contributed by atoms with Crippen LogP contribution in [0, 0.1) is 11.8 Å². The first-order valence-corrected chi connectivity index (χ1v) is 10.7. The molecular formula is C22H30N6O2. The number of likely N-dealkylation sites (tertiary alicyclic amines) is 1. The largest absolute Gasteiger partial charge is 0.384 e. The van der Waals surface area contributed by atoms with Crippen LogP contribution < -0.4 is 0 Å². The van der Waals surface area contributed by atoms with Crippen molar-refractivity contribution >= 4 is 10.9 Å². The lowest BCUT2D eigenvalue weighted by molar-refractivity contribution is -0.00555. The highest BCUT2D eigenvalue weighted by Crippen LogP contribution is 2.42. The molecule has 0 unspecified atom stereocenters. The molecule has 0 amide bonds. The van der Waals surface area contributed by atoms with E-state index in [1.54, 1.807) is 21.0 Å². The Balaban J connectivity index is 1.31. The van der Waals surface area contributed by atoms with E-state index in [1.807, 2.05) is 23.0 Å². The Labute approximate surface area is 176 Å². The van der Waals surface area contributed by atoms with Crippen molar-refractivity contribution in [2.45, 2.75) is 51.0 Å². The van der Waals surface area contributed by atoms with Crippen LogP contribution in [-0.2, 0) is 16.9 Å². The number of rotatable bonds is 5. The van der Waals surface area contributed by atoms with Crippen LogP contribution in [0.1, 0.15) is 44.1 Å². The van der Waals surface area contributed by atoms with Gasteiger partial charge in [-0.3, -0.25) is 10.00 Å². The number of hydrogen-bond acceptors (Lipinski definition) is 6. The second kappa shape index (κ2) is 7.44. The molecule has 2 N–H and O–H groups in total. The van der Waals surface area contributed by atoms with Crippen LogP contribution in [0.2, 0.25) is 0 Å². The number of methoxy groups -OCH3 is 1. The van der Waals surface area contributed by atoms with Gasteiger partial charge in [0.1, 0.15) is 11.3 Å². The Morgan fingerprint density at radius 3 is 2.70 bits per heavy atom. The predicted octanol–water partition coefficient (Wildman–Crippen LogP) is 2.48. The molecule has 2 aliphatic rings. The van der Waals surface area contributed by atoms with Gasteiger partial charge in [-0.15, -0.1) is 5.10 Å². The Morgan fingerprint density at radius 2 is 1.97 bits per heavy atom. The van der Waals surface area contributed by atoms with Gasteiger partial charge in [-0.25, -0.2) is 4.68 Å². The van der Waals surface area contributed by atoms with Gasteiger partial charge in [0.2, 0.25) is 0 Å². The van der Waals surface area contributed by atoms with Crippen molar-refractivity contribution in [2.24, 2.45) is 11.8 Å². The lowest BCUT2D eigenvalue weighted by Gasteiger charge is -2.37. The number of hydrogen-bond donors (Lipinski definition) is 2.